The van der Waals surface area contributed by atoms with E-state index < -0.39 is 77.1 Å². The predicted molar refractivity (Wildman–Crippen MR) is 214 cm³/mol. The standard InChI is InChI=1S/C39H65N9O8/c1-22(2)17-29(34(53)43-24(5)33(52)45-27(21-49)11-10-16-42-38(40)41)47-37(56)32(20-39(7,8)9)48-35(54)30(18-23(3)4)46-36(55)31(44-25(6)50)19-26-12-14-28(51)15-13-26/h12-15,21-24,27,29-32,51H,10-11,16-20H2,1-9H3,(H,43,53)(H,44,50)(H,45,52)(H,46,55)(H,47,56)(H,48,54)(H4,40,41,42)/t24-,27-,29-,30-,31-,32-/m0/s1. The highest BCUT2D eigenvalue weighted by Crippen LogP contribution is 2.22. The van der Waals surface area contributed by atoms with Crippen LogP contribution in [0.3, 0.4) is 0 Å². The van der Waals surface area contributed by atoms with E-state index in [2.05, 4.69) is 36.9 Å². The van der Waals surface area contributed by atoms with Crippen LogP contribution in [-0.4, -0.2) is 95.6 Å². The molecule has 0 aliphatic rings. The van der Waals surface area contributed by atoms with E-state index in [9.17, 15) is 38.7 Å². The number of hydrogen-bond donors (Lipinski definition) is 9. The van der Waals surface area contributed by atoms with Crippen molar-refractivity contribution in [1.82, 2.24) is 31.9 Å². The fourth-order valence-electron chi connectivity index (χ4n) is 5.75. The molecule has 0 aliphatic heterocycles. The van der Waals surface area contributed by atoms with Gasteiger partial charge in [-0.2, -0.15) is 0 Å². The van der Waals surface area contributed by atoms with E-state index in [0.29, 0.717) is 18.3 Å². The second-order valence-corrected chi connectivity index (χ2v) is 16.3. The Morgan fingerprint density at radius 1 is 0.714 bits per heavy atom. The summed E-state index contributed by atoms with van der Waals surface area (Å²) in [4.78, 5) is 95.4. The van der Waals surface area contributed by atoms with E-state index in [1.807, 2.05) is 48.5 Å². The first kappa shape index (κ1) is 48.8. The van der Waals surface area contributed by atoms with Crippen molar-refractivity contribution >= 4 is 47.7 Å². The van der Waals surface area contributed by atoms with Gasteiger partial charge in [-0.3, -0.25) is 33.8 Å². The lowest BCUT2D eigenvalue weighted by Gasteiger charge is -2.30. The molecule has 17 nitrogen and oxygen atoms in total. The number of phenolic OH excluding ortho intramolecular Hbond substituents is 1. The summed E-state index contributed by atoms with van der Waals surface area (Å²) in [5, 5.41) is 25.8. The Morgan fingerprint density at radius 3 is 1.66 bits per heavy atom. The first-order chi connectivity index (χ1) is 26.0. The number of aldehydes is 1. The zero-order chi connectivity index (χ0) is 42.7. The number of hydrogen-bond acceptors (Lipinski definition) is 9. The van der Waals surface area contributed by atoms with Gasteiger partial charge in [0.05, 0.1) is 6.04 Å². The van der Waals surface area contributed by atoms with Gasteiger partial charge in [0.1, 0.15) is 42.2 Å². The third kappa shape index (κ3) is 19.9. The van der Waals surface area contributed by atoms with Crippen molar-refractivity contribution in [1.29, 1.82) is 0 Å². The number of carbonyl (C=O) groups excluding carboxylic acids is 7. The first-order valence-corrected chi connectivity index (χ1v) is 19.1. The Labute approximate surface area is 330 Å². The highest BCUT2D eigenvalue weighted by molar-refractivity contribution is 5.96. The van der Waals surface area contributed by atoms with E-state index in [4.69, 9.17) is 11.5 Å². The average molecular weight is 788 g/mol. The number of benzene rings is 1. The molecule has 17 heteroatoms. The third-order valence-electron chi connectivity index (χ3n) is 8.41. The molecular weight excluding hydrogens is 722 g/mol. The molecule has 0 aromatic heterocycles. The number of aromatic hydroxyl groups is 1. The Hall–Kier alpha value is -5.22. The van der Waals surface area contributed by atoms with Crippen molar-refractivity contribution in [3.05, 3.63) is 29.8 Å². The summed E-state index contributed by atoms with van der Waals surface area (Å²) in [6.45, 7) is 16.1. The quantitative estimate of drug-likeness (QED) is 0.0324. The molecule has 0 bridgehead atoms. The number of guanidine groups is 1. The average Bonchev–Trinajstić information content (AvgIpc) is 3.07. The van der Waals surface area contributed by atoms with Crippen molar-refractivity contribution in [2.45, 2.75) is 137 Å². The van der Waals surface area contributed by atoms with Crippen LogP contribution in [0.15, 0.2) is 29.3 Å². The van der Waals surface area contributed by atoms with Gasteiger partial charge in [0.25, 0.3) is 0 Å². The second kappa shape index (κ2) is 23.6. The zero-order valence-electron chi connectivity index (χ0n) is 34.4. The molecule has 1 aromatic rings. The van der Waals surface area contributed by atoms with Crippen molar-refractivity contribution < 1.29 is 38.7 Å². The summed E-state index contributed by atoms with van der Waals surface area (Å²) in [7, 11) is 0. The Morgan fingerprint density at radius 2 is 1.20 bits per heavy atom. The molecular formula is C39H65N9O8. The minimum Gasteiger partial charge on any atom is -0.508 e. The second-order valence-electron chi connectivity index (χ2n) is 16.3. The van der Waals surface area contributed by atoms with Gasteiger partial charge in [-0.05, 0) is 74.0 Å². The molecule has 0 spiro atoms. The molecule has 0 aliphatic carbocycles. The SMILES string of the molecule is CC(=O)N[C@@H](Cc1ccc(O)cc1)C(=O)N[C@@H](CC(C)C)C(=O)N[C@@H](CC(C)(C)C)C(=O)N[C@@H](CC(C)C)C(=O)N[C@@H](C)C(=O)N[C@H](C=O)CCCN=C(N)N. The summed E-state index contributed by atoms with van der Waals surface area (Å²) in [6, 6.07) is -0.0265. The molecule has 1 aromatic carbocycles. The lowest BCUT2D eigenvalue weighted by atomic mass is 9.87. The van der Waals surface area contributed by atoms with Gasteiger partial charge in [-0.1, -0.05) is 60.6 Å². The van der Waals surface area contributed by atoms with Crippen molar-refractivity contribution in [2.24, 2.45) is 33.7 Å². The molecule has 6 amide bonds. The van der Waals surface area contributed by atoms with Crippen LogP contribution in [0.25, 0.3) is 0 Å². The maximum atomic E-state index is 13.9. The Bertz CT molecular complexity index is 1500. The molecule has 314 valence electrons. The monoisotopic (exact) mass is 787 g/mol. The normalized spacial score (nSPS) is 14.6. The van der Waals surface area contributed by atoms with Gasteiger partial charge in [-0.25, -0.2) is 0 Å². The first-order valence-electron chi connectivity index (χ1n) is 19.1. The number of phenols is 1. The lowest BCUT2D eigenvalue weighted by Crippen LogP contribution is -2.60. The summed E-state index contributed by atoms with van der Waals surface area (Å²) < 4.78 is 0. The molecule has 56 heavy (non-hydrogen) atoms. The van der Waals surface area contributed by atoms with E-state index in [-0.39, 0.29) is 62.2 Å². The molecule has 11 N–H and O–H groups in total. The number of nitrogens with two attached hydrogens (primary N) is 2. The molecule has 6 atom stereocenters. The molecule has 0 fully saturated rings. The topological polar surface area (TPSA) is 276 Å². The van der Waals surface area contributed by atoms with Gasteiger partial charge in [0.15, 0.2) is 5.96 Å². The molecule has 0 radical (unpaired) electrons. The predicted octanol–water partition coefficient (Wildman–Crippen LogP) is 0.664. The fraction of sp³-hybridized carbons (Fsp3) is 0.641. The van der Waals surface area contributed by atoms with Crippen molar-refractivity contribution in [3.63, 3.8) is 0 Å². The van der Waals surface area contributed by atoms with Crippen LogP contribution in [-0.2, 0) is 40.0 Å². The van der Waals surface area contributed by atoms with E-state index in [1.165, 1.54) is 26.0 Å². The Balaban J connectivity index is 3.20. The summed E-state index contributed by atoms with van der Waals surface area (Å²) >= 11 is 0. The van der Waals surface area contributed by atoms with Gasteiger partial charge in [0, 0.05) is 19.9 Å². The van der Waals surface area contributed by atoms with E-state index in [0.717, 1.165) is 0 Å². The maximum absolute atomic E-state index is 13.9. The van der Waals surface area contributed by atoms with E-state index in [1.54, 1.807) is 12.1 Å². The molecule has 0 unspecified atom stereocenters. The molecule has 0 heterocycles. The number of rotatable bonds is 23. The fourth-order valence-corrected chi connectivity index (χ4v) is 5.75. The summed E-state index contributed by atoms with van der Waals surface area (Å²) in [6.07, 6.45) is 1.98. The largest absolute Gasteiger partial charge is 0.508 e. The maximum Gasteiger partial charge on any atom is 0.243 e. The molecule has 1 rings (SSSR count). The number of nitrogens with zero attached hydrogens (tertiary/aromatic N) is 1. The zero-order valence-corrected chi connectivity index (χ0v) is 34.4. The van der Waals surface area contributed by atoms with Crippen LogP contribution in [0.4, 0.5) is 0 Å². The highest BCUT2D eigenvalue weighted by Gasteiger charge is 2.34. The van der Waals surface area contributed by atoms with Gasteiger partial charge >= 0.3 is 0 Å². The van der Waals surface area contributed by atoms with Gasteiger partial charge in [-0.15, -0.1) is 0 Å². The number of carbonyl (C=O) groups is 7. The van der Waals surface area contributed by atoms with Crippen LogP contribution in [0.2, 0.25) is 0 Å². The van der Waals surface area contributed by atoms with Crippen LogP contribution >= 0.6 is 0 Å². The minimum atomic E-state index is -1.12. The van der Waals surface area contributed by atoms with Crippen LogP contribution in [0.1, 0.15) is 100.0 Å². The van der Waals surface area contributed by atoms with E-state index >= 15 is 0 Å². The number of amides is 6. The molecule has 0 saturated heterocycles. The summed E-state index contributed by atoms with van der Waals surface area (Å²) in [5.74, 6) is -3.70. The number of nitrogens with one attached hydrogen (secondary N) is 6. The van der Waals surface area contributed by atoms with Crippen molar-refractivity contribution in [3.8, 4) is 5.75 Å². The third-order valence-corrected chi connectivity index (χ3v) is 8.41. The van der Waals surface area contributed by atoms with Crippen LogP contribution < -0.4 is 43.4 Å². The van der Waals surface area contributed by atoms with Gasteiger partial charge in [0.2, 0.25) is 35.4 Å². The van der Waals surface area contributed by atoms with Gasteiger partial charge < -0.3 is 53.3 Å². The molecule has 0 saturated carbocycles. The Kier molecular flexibility index (Phi) is 20.6. The van der Waals surface area contributed by atoms with Crippen LogP contribution in [0, 0.1) is 17.3 Å². The number of aliphatic imine (C=N–C) groups is 1. The van der Waals surface area contributed by atoms with Crippen LogP contribution in [0.5, 0.6) is 5.75 Å². The minimum absolute atomic E-state index is 0.0446. The lowest BCUT2D eigenvalue weighted by molar-refractivity contribution is -0.135. The van der Waals surface area contributed by atoms with Crippen molar-refractivity contribution in [2.75, 3.05) is 6.54 Å². The smallest absolute Gasteiger partial charge is 0.243 e. The summed E-state index contributed by atoms with van der Waals surface area (Å²) in [5.41, 5.74) is 10.8. The highest BCUT2D eigenvalue weighted by atomic mass is 16.3.